The molecule has 0 unspecified atom stereocenters. The normalized spacial score (nSPS) is 24.5. The predicted octanol–water partition coefficient (Wildman–Crippen LogP) is 4.73. The fraction of sp³-hybridized carbons (Fsp3) is 0.548. The van der Waals surface area contributed by atoms with Gasteiger partial charge in [-0.3, -0.25) is 19.2 Å². The van der Waals surface area contributed by atoms with Gasteiger partial charge < -0.3 is 38.3 Å². The van der Waals surface area contributed by atoms with Crippen LogP contribution >= 0.6 is 0 Å². The van der Waals surface area contributed by atoms with Crippen LogP contribution in [0.5, 0.6) is 0 Å². The average molecular weight is 782 g/mol. The molecule has 2 aromatic rings. The lowest BCUT2D eigenvalue weighted by molar-refractivity contribution is -0.319. The molecule has 306 valence electrons. The standard InChI is InChI=1S/C42H55NO13/c1-26(2)38-42(5,6)56-41(49)43(38)39(48)27(3)34(54-28(4)45)32(47)21-20-31(46)19-14-22-51-37-36(53-25-30-17-12-9-13-18-30)35(33(23-44)55-40(37)50-7)52-24-29-15-10-8-11-16-29/h8-13,15-18,20-21,26-27,33-38,40,44H,14,19,22-25H2,1-7H3/t27-,33+,34-,35+,36-,37-,38-,40-/m0/s1. The summed E-state index contributed by atoms with van der Waals surface area (Å²) in [4.78, 5) is 65.6. The maximum absolute atomic E-state index is 13.6. The highest BCUT2D eigenvalue weighted by atomic mass is 16.7. The van der Waals surface area contributed by atoms with Crippen LogP contribution in [0.3, 0.4) is 0 Å². The van der Waals surface area contributed by atoms with Crippen molar-refractivity contribution in [2.75, 3.05) is 20.3 Å². The van der Waals surface area contributed by atoms with Crippen molar-refractivity contribution in [1.29, 1.82) is 0 Å². The number of carbonyl (C=O) groups is 5. The second-order valence-electron chi connectivity index (χ2n) is 14.8. The van der Waals surface area contributed by atoms with Gasteiger partial charge in [-0.2, -0.15) is 0 Å². The molecule has 0 saturated carbocycles. The molecule has 2 amide bonds. The first-order valence-electron chi connectivity index (χ1n) is 18.9. The van der Waals surface area contributed by atoms with Crippen LogP contribution in [0, 0.1) is 11.8 Å². The van der Waals surface area contributed by atoms with Gasteiger partial charge in [0.15, 0.2) is 24.0 Å². The van der Waals surface area contributed by atoms with E-state index in [0.29, 0.717) is 0 Å². The summed E-state index contributed by atoms with van der Waals surface area (Å²) >= 11 is 0. The number of aliphatic hydroxyl groups is 1. The van der Waals surface area contributed by atoms with E-state index >= 15 is 0 Å². The summed E-state index contributed by atoms with van der Waals surface area (Å²) in [6.07, 6.45) is -4.17. The van der Waals surface area contributed by atoms with Gasteiger partial charge in [-0.05, 0) is 56.4 Å². The number of hydrogen-bond donors (Lipinski definition) is 1. The third kappa shape index (κ3) is 11.6. The smallest absolute Gasteiger partial charge is 0.417 e. The summed E-state index contributed by atoms with van der Waals surface area (Å²) in [5, 5.41) is 10.3. The molecule has 0 radical (unpaired) electrons. The molecule has 2 aromatic carbocycles. The maximum atomic E-state index is 13.6. The van der Waals surface area contributed by atoms with Crippen molar-refractivity contribution in [3.63, 3.8) is 0 Å². The molecule has 0 spiro atoms. The first-order valence-corrected chi connectivity index (χ1v) is 18.9. The third-order valence-corrected chi connectivity index (χ3v) is 9.71. The Kier molecular flexibility index (Phi) is 16.4. The highest BCUT2D eigenvalue weighted by molar-refractivity contribution is 6.04. The lowest BCUT2D eigenvalue weighted by atomic mass is 9.87. The number of hydrogen-bond acceptors (Lipinski definition) is 13. The minimum atomic E-state index is -1.58. The van der Waals surface area contributed by atoms with E-state index < -0.39 is 83.9 Å². The number of esters is 1. The van der Waals surface area contributed by atoms with Crippen molar-refractivity contribution < 1.29 is 62.2 Å². The van der Waals surface area contributed by atoms with Gasteiger partial charge in [0.1, 0.15) is 30.0 Å². The zero-order valence-corrected chi connectivity index (χ0v) is 33.2. The Labute approximate surface area is 328 Å². The van der Waals surface area contributed by atoms with Crippen LogP contribution in [0.2, 0.25) is 0 Å². The molecule has 0 bridgehead atoms. The quantitative estimate of drug-likeness (QED) is 0.111. The van der Waals surface area contributed by atoms with Crippen LogP contribution in [-0.2, 0) is 65.5 Å². The summed E-state index contributed by atoms with van der Waals surface area (Å²) in [6, 6.07) is 18.5. The molecule has 2 aliphatic rings. The van der Waals surface area contributed by atoms with E-state index in [1.54, 1.807) is 13.8 Å². The molecule has 2 aliphatic heterocycles. The van der Waals surface area contributed by atoms with Crippen molar-refractivity contribution >= 4 is 29.5 Å². The van der Waals surface area contributed by atoms with Crippen molar-refractivity contribution in [2.45, 2.75) is 116 Å². The van der Waals surface area contributed by atoms with Gasteiger partial charge in [0.2, 0.25) is 5.91 Å². The molecule has 0 aliphatic carbocycles. The highest BCUT2D eigenvalue weighted by Crippen LogP contribution is 2.36. The number of allylic oxidation sites excluding steroid dienone is 1. The van der Waals surface area contributed by atoms with Crippen molar-refractivity contribution in [3.05, 3.63) is 83.9 Å². The lowest BCUT2D eigenvalue weighted by Gasteiger charge is -2.45. The van der Waals surface area contributed by atoms with Gasteiger partial charge in [-0.15, -0.1) is 0 Å². The Morgan fingerprint density at radius 3 is 2.00 bits per heavy atom. The topological polar surface area (TPSA) is 173 Å². The van der Waals surface area contributed by atoms with Crippen molar-refractivity contribution in [1.82, 2.24) is 4.90 Å². The van der Waals surface area contributed by atoms with Crippen LogP contribution < -0.4 is 0 Å². The third-order valence-electron chi connectivity index (χ3n) is 9.71. The highest BCUT2D eigenvalue weighted by Gasteiger charge is 2.54. The largest absolute Gasteiger partial charge is 0.453 e. The Balaban J connectivity index is 1.40. The number of ketones is 2. The molecular weight excluding hydrogens is 726 g/mol. The Bertz CT molecular complexity index is 1650. The minimum absolute atomic E-state index is 0.0186. The minimum Gasteiger partial charge on any atom is -0.453 e. The van der Waals surface area contributed by atoms with Crippen LogP contribution in [-0.4, -0.2) is 108 Å². The monoisotopic (exact) mass is 781 g/mol. The van der Waals surface area contributed by atoms with Crippen molar-refractivity contribution in [2.24, 2.45) is 11.8 Å². The van der Waals surface area contributed by atoms with Crippen LogP contribution in [0.25, 0.3) is 0 Å². The second-order valence-corrected chi connectivity index (χ2v) is 14.8. The van der Waals surface area contributed by atoms with Gasteiger partial charge in [0, 0.05) is 27.1 Å². The first kappa shape index (κ1) is 44.4. The fourth-order valence-corrected chi connectivity index (χ4v) is 7.16. The number of cyclic esters (lactones) is 1. The SMILES string of the molecule is CO[C@H]1O[C@H](CO)[C@@H](OCc2ccccc2)[C@H](OCc2ccccc2)[C@@H]1OCCCC(=O)C=CC(=O)[C@@H](OC(C)=O)[C@H](C)C(=O)N1C(=O)OC(C)(C)[C@@H]1C(C)C. The molecule has 8 atom stereocenters. The fourth-order valence-electron chi connectivity index (χ4n) is 7.16. The molecular formula is C42H55NO13. The van der Waals surface area contributed by atoms with E-state index in [2.05, 4.69) is 0 Å². The van der Waals surface area contributed by atoms with E-state index in [-0.39, 0.29) is 45.2 Å². The van der Waals surface area contributed by atoms with Gasteiger partial charge >= 0.3 is 12.1 Å². The van der Waals surface area contributed by atoms with Gasteiger partial charge in [0.25, 0.3) is 0 Å². The number of nitrogens with zero attached hydrogens (tertiary/aromatic N) is 1. The first-order chi connectivity index (χ1) is 26.7. The van der Waals surface area contributed by atoms with Crippen LogP contribution in [0.4, 0.5) is 4.79 Å². The second kappa shape index (κ2) is 20.7. The van der Waals surface area contributed by atoms with Gasteiger partial charge in [-0.1, -0.05) is 74.5 Å². The van der Waals surface area contributed by atoms with E-state index in [4.69, 9.17) is 33.2 Å². The molecule has 1 N–H and O–H groups in total. The summed E-state index contributed by atoms with van der Waals surface area (Å²) in [5.41, 5.74) is 0.864. The van der Waals surface area contributed by atoms with Crippen molar-refractivity contribution in [3.8, 4) is 0 Å². The predicted molar refractivity (Wildman–Crippen MR) is 202 cm³/mol. The van der Waals surface area contributed by atoms with Crippen LogP contribution in [0.1, 0.15) is 65.5 Å². The van der Waals surface area contributed by atoms with Crippen LogP contribution in [0.15, 0.2) is 72.8 Å². The molecule has 14 heteroatoms. The molecule has 14 nitrogen and oxygen atoms in total. The number of rotatable bonds is 20. The molecule has 56 heavy (non-hydrogen) atoms. The van der Waals surface area contributed by atoms with E-state index in [9.17, 15) is 29.1 Å². The molecule has 0 aromatic heterocycles. The average Bonchev–Trinajstić information content (AvgIpc) is 3.43. The Morgan fingerprint density at radius 2 is 1.46 bits per heavy atom. The van der Waals surface area contributed by atoms with Gasteiger partial charge in [0.05, 0.1) is 31.8 Å². The molecule has 2 saturated heterocycles. The van der Waals surface area contributed by atoms with E-state index in [1.807, 2.05) is 74.5 Å². The lowest BCUT2D eigenvalue weighted by Crippen LogP contribution is -2.61. The molecule has 4 rings (SSSR count). The van der Waals surface area contributed by atoms with Gasteiger partial charge in [-0.25, -0.2) is 9.69 Å². The van der Waals surface area contributed by atoms with E-state index in [1.165, 1.54) is 14.0 Å². The zero-order chi connectivity index (χ0) is 41.0. The number of aliphatic hydroxyl groups excluding tert-OH is 1. The number of benzene rings is 2. The number of imide groups is 1. The Morgan fingerprint density at radius 1 is 0.875 bits per heavy atom. The number of amides is 2. The molecule has 2 heterocycles. The number of methoxy groups -OCH3 is 1. The number of carbonyl (C=O) groups excluding carboxylic acids is 5. The summed E-state index contributed by atoms with van der Waals surface area (Å²) in [5.74, 6) is -4.18. The summed E-state index contributed by atoms with van der Waals surface area (Å²) < 4.78 is 41.4. The Hall–Kier alpha value is -4.31. The maximum Gasteiger partial charge on any atom is 0.417 e. The zero-order valence-electron chi connectivity index (χ0n) is 33.2. The number of ether oxygens (including phenoxy) is 7. The summed E-state index contributed by atoms with van der Waals surface area (Å²) in [7, 11) is 1.46. The van der Waals surface area contributed by atoms with E-state index in [0.717, 1.165) is 35.1 Å². The molecule has 2 fully saturated rings. The summed E-state index contributed by atoms with van der Waals surface area (Å²) in [6.45, 7) is 9.73.